The van der Waals surface area contributed by atoms with Crippen molar-refractivity contribution in [2.24, 2.45) is 0 Å². The molecule has 0 radical (unpaired) electrons. The van der Waals surface area contributed by atoms with Crippen molar-refractivity contribution in [1.29, 1.82) is 0 Å². The topological polar surface area (TPSA) is 29.9 Å². The van der Waals surface area contributed by atoms with Crippen LogP contribution in [0.2, 0.25) is 0 Å². The number of hydrogen-bond acceptors (Lipinski definition) is 2. The fourth-order valence-electron chi connectivity index (χ4n) is 2.32. The van der Waals surface area contributed by atoms with Crippen molar-refractivity contribution in [3.63, 3.8) is 0 Å². The quantitative estimate of drug-likeness (QED) is 0.731. The summed E-state index contributed by atoms with van der Waals surface area (Å²) in [6.07, 6.45) is 0. The number of aromatic amines is 1. The molecule has 3 nitrogen and oxygen atoms in total. The molecule has 0 saturated carbocycles. The number of rotatable bonds is 4. The number of hydrogen-bond donors (Lipinski definition) is 1. The maximum absolute atomic E-state index is 5.73. The van der Waals surface area contributed by atoms with Gasteiger partial charge < -0.3 is 14.3 Å². The first-order valence-electron chi connectivity index (χ1n) is 6.62. The first kappa shape index (κ1) is 12.9. The van der Waals surface area contributed by atoms with Crippen molar-refractivity contribution >= 4 is 23.3 Å². The molecule has 1 aromatic heterocycles. The van der Waals surface area contributed by atoms with E-state index in [0.29, 0.717) is 6.61 Å². The number of benzene rings is 2. The van der Waals surface area contributed by atoms with Crippen LogP contribution in [0.3, 0.4) is 0 Å². The zero-order valence-electron chi connectivity index (χ0n) is 11.3. The van der Waals surface area contributed by atoms with Gasteiger partial charge in [0.2, 0.25) is 0 Å². The summed E-state index contributed by atoms with van der Waals surface area (Å²) in [5.41, 5.74) is 3.44. The highest BCUT2D eigenvalue weighted by Gasteiger charge is 2.05. The van der Waals surface area contributed by atoms with E-state index in [1.807, 2.05) is 30.3 Å². The minimum Gasteiger partial charge on any atom is -0.492 e. The summed E-state index contributed by atoms with van der Waals surface area (Å²) in [6.45, 7) is 3.41. The summed E-state index contributed by atoms with van der Waals surface area (Å²) in [4.78, 5) is 3.27. The van der Waals surface area contributed by atoms with Gasteiger partial charge in [-0.05, 0) is 42.9 Å². The molecule has 0 fully saturated rings. The van der Waals surface area contributed by atoms with E-state index in [2.05, 4.69) is 34.7 Å². The summed E-state index contributed by atoms with van der Waals surface area (Å²) in [6, 6.07) is 16.0. The van der Waals surface area contributed by atoms with E-state index in [0.717, 1.165) is 28.1 Å². The van der Waals surface area contributed by atoms with Crippen LogP contribution in [-0.2, 0) is 6.54 Å². The maximum atomic E-state index is 5.73. The van der Waals surface area contributed by atoms with Gasteiger partial charge >= 0.3 is 0 Å². The lowest BCUT2D eigenvalue weighted by Gasteiger charge is -2.07. The number of imidazole rings is 1. The molecular formula is C16H16N2OS. The minimum atomic E-state index is 0.596. The van der Waals surface area contributed by atoms with Crippen LogP contribution in [0.4, 0.5) is 0 Å². The Morgan fingerprint density at radius 1 is 1.10 bits per heavy atom. The Morgan fingerprint density at radius 2 is 1.90 bits per heavy atom. The molecule has 2 aromatic carbocycles. The van der Waals surface area contributed by atoms with Gasteiger partial charge in [-0.15, -0.1) is 0 Å². The fraction of sp³-hybridized carbons (Fsp3) is 0.188. The van der Waals surface area contributed by atoms with Gasteiger partial charge in [0, 0.05) is 0 Å². The van der Waals surface area contributed by atoms with Crippen LogP contribution in [0.5, 0.6) is 5.75 Å². The molecule has 1 N–H and O–H groups in total. The van der Waals surface area contributed by atoms with Crippen LogP contribution in [-0.4, -0.2) is 16.2 Å². The molecule has 0 atom stereocenters. The molecule has 0 unspecified atom stereocenters. The zero-order valence-corrected chi connectivity index (χ0v) is 12.1. The van der Waals surface area contributed by atoms with Crippen LogP contribution >= 0.6 is 12.2 Å². The van der Waals surface area contributed by atoms with Crippen LogP contribution in [0.25, 0.3) is 11.0 Å². The van der Waals surface area contributed by atoms with Crippen molar-refractivity contribution in [3.05, 3.63) is 58.9 Å². The first-order chi connectivity index (χ1) is 9.75. The van der Waals surface area contributed by atoms with E-state index in [1.54, 1.807) is 0 Å². The third-order valence-corrected chi connectivity index (χ3v) is 3.67. The zero-order chi connectivity index (χ0) is 13.9. The predicted octanol–water partition coefficient (Wildman–Crippen LogP) is 4.09. The molecule has 3 rings (SSSR count). The SMILES string of the molecule is Cc1cccc2c1[nH]c(=S)n2CCOc1ccccc1. The Labute approximate surface area is 122 Å². The molecule has 20 heavy (non-hydrogen) atoms. The van der Waals surface area contributed by atoms with Gasteiger partial charge in [-0.25, -0.2) is 0 Å². The predicted molar refractivity (Wildman–Crippen MR) is 83.8 cm³/mol. The lowest BCUT2D eigenvalue weighted by Crippen LogP contribution is -2.08. The van der Waals surface area contributed by atoms with E-state index in [9.17, 15) is 0 Å². The average Bonchev–Trinajstić information content (AvgIpc) is 2.78. The van der Waals surface area contributed by atoms with Crippen molar-refractivity contribution < 1.29 is 4.74 Å². The monoisotopic (exact) mass is 284 g/mol. The van der Waals surface area contributed by atoms with E-state index in [-0.39, 0.29) is 0 Å². The van der Waals surface area contributed by atoms with E-state index in [1.165, 1.54) is 5.56 Å². The van der Waals surface area contributed by atoms with Gasteiger partial charge in [-0.1, -0.05) is 30.3 Å². The van der Waals surface area contributed by atoms with Crippen LogP contribution < -0.4 is 4.74 Å². The second-order valence-electron chi connectivity index (χ2n) is 4.71. The lowest BCUT2D eigenvalue weighted by atomic mass is 10.2. The standard InChI is InChI=1S/C16H16N2OS/c1-12-6-5-9-14-15(12)17-16(20)18(14)10-11-19-13-7-3-2-4-8-13/h2-9H,10-11H2,1H3,(H,17,20). The first-order valence-corrected chi connectivity index (χ1v) is 7.02. The van der Waals surface area contributed by atoms with Crippen molar-refractivity contribution in [3.8, 4) is 5.75 Å². The lowest BCUT2D eigenvalue weighted by molar-refractivity contribution is 0.299. The third kappa shape index (κ3) is 2.47. The summed E-state index contributed by atoms with van der Waals surface area (Å²) in [7, 11) is 0. The van der Waals surface area contributed by atoms with Crippen molar-refractivity contribution in [1.82, 2.24) is 9.55 Å². The van der Waals surface area contributed by atoms with Gasteiger partial charge in [-0.2, -0.15) is 0 Å². The molecule has 4 heteroatoms. The van der Waals surface area contributed by atoms with Gasteiger partial charge in [0.1, 0.15) is 12.4 Å². The van der Waals surface area contributed by atoms with Gasteiger partial charge in [0.15, 0.2) is 4.77 Å². The summed E-state index contributed by atoms with van der Waals surface area (Å²) in [5, 5.41) is 0. The molecule has 0 bridgehead atoms. The van der Waals surface area contributed by atoms with Crippen molar-refractivity contribution in [2.75, 3.05) is 6.61 Å². The largest absolute Gasteiger partial charge is 0.492 e. The second kappa shape index (κ2) is 5.51. The number of aromatic nitrogens is 2. The van der Waals surface area contributed by atoms with E-state index in [4.69, 9.17) is 17.0 Å². The molecule has 102 valence electrons. The Kier molecular flexibility index (Phi) is 3.56. The molecular weight excluding hydrogens is 268 g/mol. The Bertz CT molecular complexity index is 774. The molecule has 3 aromatic rings. The highest BCUT2D eigenvalue weighted by atomic mass is 32.1. The van der Waals surface area contributed by atoms with E-state index >= 15 is 0 Å². The highest BCUT2D eigenvalue weighted by molar-refractivity contribution is 7.71. The summed E-state index contributed by atoms with van der Waals surface area (Å²) < 4.78 is 8.56. The number of nitrogens with zero attached hydrogens (tertiary/aromatic N) is 1. The Morgan fingerprint density at radius 3 is 2.70 bits per heavy atom. The smallest absolute Gasteiger partial charge is 0.178 e. The molecule has 0 spiro atoms. The molecule has 1 heterocycles. The molecule has 0 aliphatic heterocycles. The summed E-state index contributed by atoms with van der Waals surface area (Å²) >= 11 is 5.39. The number of nitrogens with one attached hydrogen (secondary N) is 1. The normalized spacial score (nSPS) is 10.8. The van der Waals surface area contributed by atoms with Gasteiger partial charge in [0.25, 0.3) is 0 Å². The molecule has 0 amide bonds. The van der Waals surface area contributed by atoms with Crippen molar-refractivity contribution in [2.45, 2.75) is 13.5 Å². The Balaban J connectivity index is 1.80. The number of para-hydroxylation sites is 2. The number of H-pyrrole nitrogens is 1. The van der Waals surface area contributed by atoms with Gasteiger partial charge in [0.05, 0.1) is 17.6 Å². The average molecular weight is 284 g/mol. The minimum absolute atomic E-state index is 0.596. The number of ether oxygens (including phenoxy) is 1. The molecule has 0 aliphatic rings. The third-order valence-electron chi connectivity index (χ3n) is 3.35. The molecule has 0 saturated heterocycles. The highest BCUT2D eigenvalue weighted by Crippen LogP contribution is 2.18. The van der Waals surface area contributed by atoms with Crippen LogP contribution in [0, 0.1) is 11.7 Å². The fourth-order valence-corrected chi connectivity index (χ4v) is 2.61. The molecule has 0 aliphatic carbocycles. The number of fused-ring (bicyclic) bond motifs is 1. The van der Waals surface area contributed by atoms with Gasteiger partial charge in [-0.3, -0.25) is 0 Å². The summed E-state index contributed by atoms with van der Waals surface area (Å²) in [5.74, 6) is 0.884. The van der Waals surface area contributed by atoms with E-state index < -0.39 is 0 Å². The second-order valence-corrected chi connectivity index (χ2v) is 5.10. The Hall–Kier alpha value is -2.07. The number of aryl methyl sites for hydroxylation is 1. The van der Waals surface area contributed by atoms with Crippen LogP contribution in [0.15, 0.2) is 48.5 Å². The van der Waals surface area contributed by atoms with Crippen LogP contribution in [0.1, 0.15) is 5.56 Å². The maximum Gasteiger partial charge on any atom is 0.178 e.